The largest absolute Gasteiger partial charge is 0.496 e. The smallest absolute Gasteiger partial charge is 0.241 e. The van der Waals surface area contributed by atoms with Gasteiger partial charge in [0.25, 0.3) is 0 Å². The van der Waals surface area contributed by atoms with Gasteiger partial charge in [0.05, 0.1) is 7.11 Å². The molecule has 8 nitrogen and oxygen atoms in total. The Balaban J connectivity index is 1.35. The van der Waals surface area contributed by atoms with E-state index in [0.29, 0.717) is 12.5 Å². The van der Waals surface area contributed by atoms with E-state index in [9.17, 15) is 4.79 Å². The SMILES string of the molecule is COc1ccccc1/C=C/CN1CCC(CNC(=O)Cn2cnnn2)CC1. The first-order valence-electron chi connectivity index (χ1n) is 9.24. The van der Waals surface area contributed by atoms with Crippen LogP contribution in [-0.2, 0) is 11.3 Å². The zero-order valence-electron chi connectivity index (χ0n) is 15.6. The molecule has 0 unspecified atom stereocenters. The molecule has 3 rings (SSSR count). The Morgan fingerprint density at radius 2 is 2.15 bits per heavy atom. The number of amides is 1. The Morgan fingerprint density at radius 3 is 2.89 bits per heavy atom. The van der Waals surface area contributed by atoms with Gasteiger partial charge in [-0.15, -0.1) is 5.10 Å². The summed E-state index contributed by atoms with van der Waals surface area (Å²) in [7, 11) is 1.69. The summed E-state index contributed by atoms with van der Waals surface area (Å²) in [6.07, 6.45) is 7.92. The number of aromatic nitrogens is 4. The number of likely N-dealkylation sites (tertiary alicyclic amines) is 1. The standard InChI is InChI=1S/C19H26N6O2/c1-27-18-7-3-2-5-17(18)6-4-10-24-11-8-16(9-12-24)13-20-19(26)14-25-15-21-22-23-25/h2-7,15-16H,8-14H2,1H3,(H,20,26)/b6-4+. The van der Waals surface area contributed by atoms with E-state index < -0.39 is 0 Å². The van der Waals surface area contributed by atoms with Crippen LogP contribution in [0.2, 0.25) is 0 Å². The number of ether oxygens (including phenoxy) is 1. The molecule has 0 atom stereocenters. The lowest BCUT2D eigenvalue weighted by molar-refractivity contribution is -0.122. The van der Waals surface area contributed by atoms with E-state index in [1.807, 2.05) is 18.2 Å². The van der Waals surface area contributed by atoms with E-state index in [2.05, 4.69) is 44.0 Å². The minimum absolute atomic E-state index is 0.0514. The van der Waals surface area contributed by atoms with E-state index in [-0.39, 0.29) is 12.5 Å². The number of hydrogen-bond donors (Lipinski definition) is 1. The maximum absolute atomic E-state index is 11.9. The fourth-order valence-corrected chi connectivity index (χ4v) is 3.22. The lowest BCUT2D eigenvalue weighted by Crippen LogP contribution is -2.39. The number of methoxy groups -OCH3 is 1. The third-order valence-corrected chi connectivity index (χ3v) is 4.79. The molecule has 1 N–H and O–H groups in total. The average Bonchev–Trinajstić information content (AvgIpc) is 3.21. The van der Waals surface area contributed by atoms with Crippen LogP contribution in [0.25, 0.3) is 6.08 Å². The number of nitrogens with one attached hydrogen (secondary N) is 1. The molecule has 0 aliphatic carbocycles. The Kier molecular flexibility index (Phi) is 6.92. The van der Waals surface area contributed by atoms with Crippen molar-refractivity contribution in [1.82, 2.24) is 30.4 Å². The average molecular weight is 370 g/mol. The second kappa shape index (κ2) is 9.82. The van der Waals surface area contributed by atoms with Gasteiger partial charge in [0.15, 0.2) is 0 Å². The molecule has 2 aromatic rings. The van der Waals surface area contributed by atoms with Gasteiger partial charge in [-0.25, -0.2) is 4.68 Å². The molecule has 0 saturated carbocycles. The van der Waals surface area contributed by atoms with Crippen LogP contribution in [0.1, 0.15) is 18.4 Å². The fourth-order valence-electron chi connectivity index (χ4n) is 3.22. The van der Waals surface area contributed by atoms with E-state index >= 15 is 0 Å². The summed E-state index contributed by atoms with van der Waals surface area (Å²) in [5, 5.41) is 13.7. The zero-order valence-corrected chi connectivity index (χ0v) is 15.6. The molecule has 1 fully saturated rings. The van der Waals surface area contributed by atoms with Crippen LogP contribution in [0, 0.1) is 5.92 Å². The quantitative estimate of drug-likeness (QED) is 0.752. The number of benzene rings is 1. The van der Waals surface area contributed by atoms with Gasteiger partial charge < -0.3 is 10.1 Å². The van der Waals surface area contributed by atoms with Crippen molar-refractivity contribution in [3.8, 4) is 5.75 Å². The summed E-state index contributed by atoms with van der Waals surface area (Å²) in [4.78, 5) is 14.3. The topological polar surface area (TPSA) is 85.2 Å². The number of rotatable bonds is 8. The lowest BCUT2D eigenvalue weighted by Gasteiger charge is -2.31. The molecule has 0 radical (unpaired) electrons. The molecule has 27 heavy (non-hydrogen) atoms. The monoisotopic (exact) mass is 370 g/mol. The summed E-state index contributed by atoms with van der Waals surface area (Å²) in [6.45, 7) is 3.90. The summed E-state index contributed by atoms with van der Waals surface area (Å²) < 4.78 is 6.79. The number of carbonyl (C=O) groups is 1. The van der Waals surface area contributed by atoms with E-state index in [1.165, 1.54) is 11.0 Å². The van der Waals surface area contributed by atoms with Gasteiger partial charge in [0.2, 0.25) is 5.91 Å². The minimum Gasteiger partial charge on any atom is -0.496 e. The van der Waals surface area contributed by atoms with Gasteiger partial charge in [-0.1, -0.05) is 30.4 Å². The van der Waals surface area contributed by atoms with Crippen LogP contribution in [-0.4, -0.2) is 64.3 Å². The molecule has 2 heterocycles. The molecule has 0 bridgehead atoms. The molecule has 1 amide bonds. The van der Waals surface area contributed by atoms with Crippen LogP contribution < -0.4 is 10.1 Å². The van der Waals surface area contributed by atoms with Crippen molar-refractivity contribution in [2.24, 2.45) is 5.92 Å². The van der Waals surface area contributed by atoms with Crippen molar-refractivity contribution in [2.75, 3.05) is 33.3 Å². The lowest BCUT2D eigenvalue weighted by atomic mass is 9.97. The number of carbonyl (C=O) groups excluding carboxylic acids is 1. The first-order chi connectivity index (χ1) is 13.2. The molecule has 1 aromatic carbocycles. The molecular formula is C19H26N6O2. The number of nitrogens with zero attached hydrogens (tertiary/aromatic N) is 5. The molecule has 1 aliphatic heterocycles. The Hall–Kier alpha value is -2.74. The molecule has 8 heteroatoms. The van der Waals surface area contributed by atoms with Crippen LogP contribution >= 0.6 is 0 Å². The molecule has 1 saturated heterocycles. The summed E-state index contributed by atoms with van der Waals surface area (Å²) in [5.74, 6) is 1.37. The summed E-state index contributed by atoms with van der Waals surface area (Å²) >= 11 is 0. The third-order valence-electron chi connectivity index (χ3n) is 4.79. The van der Waals surface area contributed by atoms with E-state index in [1.54, 1.807) is 7.11 Å². The van der Waals surface area contributed by atoms with Crippen LogP contribution in [0.3, 0.4) is 0 Å². The maximum atomic E-state index is 11.9. The molecule has 1 aliphatic rings. The van der Waals surface area contributed by atoms with Crippen molar-refractivity contribution in [3.05, 3.63) is 42.2 Å². The summed E-state index contributed by atoms with van der Waals surface area (Å²) in [5.41, 5.74) is 1.10. The van der Waals surface area contributed by atoms with Gasteiger partial charge in [-0.2, -0.15) is 0 Å². The van der Waals surface area contributed by atoms with Crippen LogP contribution in [0.4, 0.5) is 0 Å². The van der Waals surface area contributed by atoms with Crippen molar-refractivity contribution < 1.29 is 9.53 Å². The predicted octanol–water partition coefficient (Wildman–Crippen LogP) is 1.22. The molecule has 1 aromatic heterocycles. The van der Waals surface area contributed by atoms with Crippen molar-refractivity contribution >= 4 is 12.0 Å². The van der Waals surface area contributed by atoms with Crippen molar-refractivity contribution in [1.29, 1.82) is 0 Å². The first-order valence-corrected chi connectivity index (χ1v) is 9.24. The summed E-state index contributed by atoms with van der Waals surface area (Å²) in [6, 6.07) is 8.02. The zero-order chi connectivity index (χ0) is 18.9. The minimum atomic E-state index is -0.0514. The fraction of sp³-hybridized carbons (Fsp3) is 0.474. The second-order valence-electron chi connectivity index (χ2n) is 6.70. The van der Waals surface area contributed by atoms with Gasteiger partial charge >= 0.3 is 0 Å². The number of para-hydroxylation sites is 1. The number of hydrogen-bond acceptors (Lipinski definition) is 6. The molecular weight excluding hydrogens is 344 g/mol. The van der Waals surface area contributed by atoms with E-state index in [4.69, 9.17) is 4.74 Å². The highest BCUT2D eigenvalue weighted by atomic mass is 16.5. The van der Waals surface area contributed by atoms with Crippen molar-refractivity contribution in [2.45, 2.75) is 19.4 Å². The van der Waals surface area contributed by atoms with Gasteiger partial charge in [-0.3, -0.25) is 9.69 Å². The van der Waals surface area contributed by atoms with Gasteiger partial charge in [0, 0.05) is 18.7 Å². The van der Waals surface area contributed by atoms with Crippen LogP contribution in [0.5, 0.6) is 5.75 Å². The molecule has 144 valence electrons. The van der Waals surface area contributed by atoms with Crippen LogP contribution in [0.15, 0.2) is 36.7 Å². The number of piperidine rings is 1. The predicted molar refractivity (Wildman–Crippen MR) is 102 cm³/mol. The van der Waals surface area contributed by atoms with Gasteiger partial charge in [-0.05, 0) is 48.3 Å². The Labute approximate surface area is 159 Å². The third kappa shape index (κ3) is 5.89. The number of tetrazole rings is 1. The normalized spacial score (nSPS) is 15.9. The van der Waals surface area contributed by atoms with Gasteiger partial charge in [0.1, 0.15) is 18.6 Å². The highest BCUT2D eigenvalue weighted by molar-refractivity contribution is 5.75. The maximum Gasteiger partial charge on any atom is 0.241 e. The highest BCUT2D eigenvalue weighted by Crippen LogP contribution is 2.19. The highest BCUT2D eigenvalue weighted by Gasteiger charge is 2.19. The second-order valence-corrected chi connectivity index (χ2v) is 6.70. The Bertz CT molecular complexity index is 738. The first kappa shape index (κ1) is 19.0. The Morgan fingerprint density at radius 1 is 1.33 bits per heavy atom. The molecule has 0 spiro atoms. The van der Waals surface area contributed by atoms with E-state index in [0.717, 1.165) is 43.8 Å². The van der Waals surface area contributed by atoms with Crippen molar-refractivity contribution in [3.63, 3.8) is 0 Å².